The smallest absolute Gasteiger partial charge is 0.257 e. The van der Waals surface area contributed by atoms with Crippen molar-refractivity contribution in [1.82, 2.24) is 20.0 Å². The molecule has 2 aliphatic heterocycles. The van der Waals surface area contributed by atoms with E-state index in [9.17, 15) is 4.79 Å². The van der Waals surface area contributed by atoms with E-state index in [0.717, 1.165) is 38.2 Å². The lowest BCUT2D eigenvalue weighted by atomic mass is 10.1. The van der Waals surface area contributed by atoms with Gasteiger partial charge < -0.3 is 14.3 Å². The summed E-state index contributed by atoms with van der Waals surface area (Å²) in [7, 11) is 0. The van der Waals surface area contributed by atoms with Crippen molar-refractivity contribution in [3.63, 3.8) is 0 Å². The summed E-state index contributed by atoms with van der Waals surface area (Å²) >= 11 is 0. The van der Waals surface area contributed by atoms with Crippen molar-refractivity contribution >= 4 is 11.7 Å². The third-order valence-corrected chi connectivity index (χ3v) is 4.79. The summed E-state index contributed by atoms with van der Waals surface area (Å²) in [5.41, 5.74) is 0.696. The van der Waals surface area contributed by atoms with Crippen LogP contribution in [0.15, 0.2) is 22.9 Å². The van der Waals surface area contributed by atoms with Crippen molar-refractivity contribution in [3.05, 3.63) is 35.6 Å². The summed E-state index contributed by atoms with van der Waals surface area (Å²) in [6, 6.07) is 3.72. The van der Waals surface area contributed by atoms with Gasteiger partial charge in [0.1, 0.15) is 5.82 Å². The first-order valence-electron chi connectivity index (χ1n) is 8.52. The van der Waals surface area contributed by atoms with E-state index in [1.807, 2.05) is 24.0 Å². The van der Waals surface area contributed by atoms with E-state index < -0.39 is 0 Å². The fourth-order valence-corrected chi connectivity index (χ4v) is 3.54. The molecule has 1 unspecified atom stereocenters. The molecule has 2 fully saturated rings. The number of aromatic nitrogens is 3. The number of pyridine rings is 1. The molecule has 1 amide bonds. The molecule has 4 heterocycles. The van der Waals surface area contributed by atoms with Crippen LogP contribution in [-0.4, -0.2) is 52.1 Å². The largest absolute Gasteiger partial charge is 0.356 e. The minimum Gasteiger partial charge on any atom is -0.356 e. The second-order valence-electron chi connectivity index (χ2n) is 6.49. The summed E-state index contributed by atoms with van der Waals surface area (Å²) in [6.45, 7) is 5.08. The minimum atomic E-state index is 0.0451. The van der Waals surface area contributed by atoms with Crippen LogP contribution in [0.25, 0.3) is 0 Å². The molecule has 1 atom stereocenters. The van der Waals surface area contributed by atoms with Crippen molar-refractivity contribution in [2.75, 3.05) is 31.1 Å². The van der Waals surface area contributed by atoms with Crippen LogP contribution in [0.2, 0.25) is 0 Å². The SMILES string of the molecule is Cc1noc(C2CCN(C(=O)c3cccnc3N3CCCC3)C2)n1. The lowest BCUT2D eigenvalue weighted by Gasteiger charge is -2.22. The quantitative estimate of drug-likeness (QED) is 0.858. The fraction of sp³-hybridized carbons (Fsp3) is 0.529. The summed E-state index contributed by atoms with van der Waals surface area (Å²) in [5, 5.41) is 3.85. The Balaban J connectivity index is 1.52. The van der Waals surface area contributed by atoms with Crippen LogP contribution in [0.3, 0.4) is 0 Å². The normalized spacial score (nSPS) is 20.8. The van der Waals surface area contributed by atoms with Crippen LogP contribution in [0.5, 0.6) is 0 Å². The number of carbonyl (C=O) groups excluding carboxylic acids is 1. The molecule has 7 heteroatoms. The van der Waals surface area contributed by atoms with Gasteiger partial charge in [-0.05, 0) is 38.3 Å². The van der Waals surface area contributed by atoms with Crippen LogP contribution in [0, 0.1) is 6.92 Å². The molecule has 0 bridgehead atoms. The lowest BCUT2D eigenvalue weighted by Crippen LogP contribution is -2.31. The fourth-order valence-electron chi connectivity index (χ4n) is 3.54. The van der Waals surface area contributed by atoms with Gasteiger partial charge in [-0.2, -0.15) is 4.98 Å². The van der Waals surface area contributed by atoms with Gasteiger partial charge in [0, 0.05) is 32.4 Å². The first-order chi connectivity index (χ1) is 11.7. The third kappa shape index (κ3) is 2.74. The zero-order valence-electron chi connectivity index (χ0n) is 13.8. The van der Waals surface area contributed by atoms with Gasteiger partial charge in [-0.25, -0.2) is 4.98 Å². The van der Waals surface area contributed by atoms with E-state index in [1.165, 1.54) is 0 Å². The molecule has 0 radical (unpaired) electrons. The second-order valence-corrected chi connectivity index (χ2v) is 6.49. The standard InChI is InChI=1S/C17H21N5O2/c1-12-19-16(24-20-12)13-6-10-22(11-13)17(23)14-5-4-7-18-15(14)21-8-2-3-9-21/h4-5,7,13H,2-3,6,8-11H2,1H3. The molecule has 7 nitrogen and oxygen atoms in total. The first-order valence-corrected chi connectivity index (χ1v) is 8.52. The highest BCUT2D eigenvalue weighted by atomic mass is 16.5. The minimum absolute atomic E-state index is 0.0451. The zero-order valence-corrected chi connectivity index (χ0v) is 13.8. The summed E-state index contributed by atoms with van der Waals surface area (Å²) in [4.78, 5) is 25.9. The number of hydrogen-bond acceptors (Lipinski definition) is 6. The Morgan fingerprint density at radius 3 is 2.88 bits per heavy atom. The summed E-state index contributed by atoms with van der Waals surface area (Å²) in [6.07, 6.45) is 4.93. The highest BCUT2D eigenvalue weighted by molar-refractivity contribution is 5.99. The molecule has 2 aliphatic rings. The molecule has 24 heavy (non-hydrogen) atoms. The van der Waals surface area contributed by atoms with Gasteiger partial charge in [0.2, 0.25) is 5.89 Å². The number of amides is 1. The van der Waals surface area contributed by atoms with Crippen LogP contribution in [0.1, 0.15) is 47.3 Å². The zero-order chi connectivity index (χ0) is 16.5. The molecule has 2 aromatic rings. The molecule has 0 aromatic carbocycles. The summed E-state index contributed by atoms with van der Waals surface area (Å²) in [5.74, 6) is 2.26. The average molecular weight is 327 g/mol. The van der Waals surface area contributed by atoms with Gasteiger partial charge in [0.05, 0.1) is 11.5 Å². The number of hydrogen-bond donors (Lipinski definition) is 0. The lowest BCUT2D eigenvalue weighted by molar-refractivity contribution is 0.0790. The van der Waals surface area contributed by atoms with Crippen molar-refractivity contribution in [3.8, 4) is 0 Å². The van der Waals surface area contributed by atoms with Gasteiger partial charge in [-0.15, -0.1) is 0 Å². The van der Waals surface area contributed by atoms with Gasteiger partial charge in [-0.3, -0.25) is 4.79 Å². The molecule has 2 aromatic heterocycles. The Morgan fingerprint density at radius 1 is 1.29 bits per heavy atom. The Bertz CT molecular complexity index is 738. The molecule has 0 N–H and O–H groups in total. The Labute approximate surface area is 140 Å². The molecule has 0 aliphatic carbocycles. The maximum atomic E-state index is 13.0. The Morgan fingerprint density at radius 2 is 2.12 bits per heavy atom. The van der Waals surface area contributed by atoms with Crippen molar-refractivity contribution in [1.29, 1.82) is 0 Å². The molecule has 0 spiro atoms. The van der Waals surface area contributed by atoms with E-state index in [4.69, 9.17) is 4.52 Å². The maximum absolute atomic E-state index is 13.0. The van der Waals surface area contributed by atoms with E-state index in [-0.39, 0.29) is 11.8 Å². The molecular formula is C17H21N5O2. The molecule has 0 saturated carbocycles. The highest BCUT2D eigenvalue weighted by Crippen LogP contribution is 2.29. The van der Waals surface area contributed by atoms with Gasteiger partial charge in [0.25, 0.3) is 5.91 Å². The van der Waals surface area contributed by atoms with Crippen molar-refractivity contribution < 1.29 is 9.32 Å². The number of anilines is 1. The predicted octanol–water partition coefficient (Wildman–Crippen LogP) is 2.00. The van der Waals surface area contributed by atoms with E-state index in [2.05, 4.69) is 20.0 Å². The third-order valence-electron chi connectivity index (χ3n) is 4.79. The van der Waals surface area contributed by atoms with Crippen molar-refractivity contribution in [2.45, 2.75) is 32.1 Å². The Hall–Kier alpha value is -2.44. The van der Waals surface area contributed by atoms with Crippen LogP contribution in [-0.2, 0) is 0 Å². The van der Waals surface area contributed by atoms with E-state index in [1.54, 1.807) is 6.20 Å². The highest BCUT2D eigenvalue weighted by Gasteiger charge is 2.33. The number of nitrogens with zero attached hydrogens (tertiary/aromatic N) is 5. The molecule has 2 saturated heterocycles. The van der Waals surface area contributed by atoms with Gasteiger partial charge >= 0.3 is 0 Å². The monoisotopic (exact) mass is 327 g/mol. The van der Waals surface area contributed by atoms with Crippen LogP contribution >= 0.6 is 0 Å². The van der Waals surface area contributed by atoms with E-state index in [0.29, 0.717) is 30.4 Å². The van der Waals surface area contributed by atoms with Crippen LogP contribution < -0.4 is 4.90 Å². The number of likely N-dealkylation sites (tertiary alicyclic amines) is 1. The van der Waals surface area contributed by atoms with Crippen molar-refractivity contribution in [2.24, 2.45) is 0 Å². The topological polar surface area (TPSA) is 75.4 Å². The first kappa shape index (κ1) is 15.1. The van der Waals surface area contributed by atoms with Gasteiger partial charge in [0.15, 0.2) is 5.82 Å². The number of aryl methyl sites for hydroxylation is 1. The molecular weight excluding hydrogens is 306 g/mol. The maximum Gasteiger partial charge on any atom is 0.257 e. The number of rotatable bonds is 3. The van der Waals surface area contributed by atoms with Crippen LogP contribution in [0.4, 0.5) is 5.82 Å². The predicted molar refractivity (Wildman–Crippen MR) is 88.0 cm³/mol. The van der Waals surface area contributed by atoms with Gasteiger partial charge in [-0.1, -0.05) is 5.16 Å². The summed E-state index contributed by atoms with van der Waals surface area (Å²) < 4.78 is 5.27. The Kier molecular flexibility index (Phi) is 3.92. The second kappa shape index (κ2) is 6.22. The van der Waals surface area contributed by atoms with E-state index >= 15 is 0 Å². The molecule has 4 rings (SSSR count). The molecule has 126 valence electrons. The number of carbonyl (C=O) groups is 1. The average Bonchev–Trinajstić information content (AvgIpc) is 3.35.